The highest BCUT2D eigenvalue weighted by molar-refractivity contribution is 5.93. The van der Waals surface area contributed by atoms with Crippen LogP contribution >= 0.6 is 0 Å². The monoisotopic (exact) mass is 334 g/mol. The van der Waals surface area contributed by atoms with E-state index in [1.807, 2.05) is 0 Å². The quantitative estimate of drug-likeness (QED) is 0.610. The molecule has 2 rings (SSSR count). The van der Waals surface area contributed by atoms with E-state index in [4.69, 9.17) is 5.73 Å². The Balaban J connectivity index is 2.31. The van der Waals surface area contributed by atoms with Gasteiger partial charge >= 0.3 is 0 Å². The van der Waals surface area contributed by atoms with Crippen LogP contribution in [0.1, 0.15) is 10.4 Å². The summed E-state index contributed by atoms with van der Waals surface area (Å²) in [4.78, 5) is 45.2. The van der Waals surface area contributed by atoms with Crippen LogP contribution in [0.3, 0.4) is 0 Å². The van der Waals surface area contributed by atoms with E-state index < -0.39 is 45.9 Å². The van der Waals surface area contributed by atoms with Gasteiger partial charge in [0.1, 0.15) is 17.9 Å². The van der Waals surface area contributed by atoms with Crippen LogP contribution in [0.15, 0.2) is 41.3 Å². The van der Waals surface area contributed by atoms with Crippen molar-refractivity contribution in [3.05, 3.63) is 68.4 Å². The first-order valence-corrected chi connectivity index (χ1v) is 6.52. The van der Waals surface area contributed by atoms with Crippen LogP contribution in [0, 0.1) is 15.9 Å². The number of nitrogens with zero attached hydrogens (tertiary/aromatic N) is 2. The molecule has 1 aromatic carbocycles. The fourth-order valence-corrected chi connectivity index (χ4v) is 1.94. The molecule has 2 aromatic rings. The number of nitrogens with two attached hydrogens (primary N) is 1. The molecule has 0 saturated carbocycles. The molecule has 0 bridgehead atoms. The van der Waals surface area contributed by atoms with Gasteiger partial charge in [0.25, 0.3) is 17.2 Å². The molecule has 124 valence electrons. The van der Waals surface area contributed by atoms with Crippen LogP contribution < -0.4 is 16.6 Å². The molecular weight excluding hydrogens is 323 g/mol. The number of benzene rings is 1. The summed E-state index contributed by atoms with van der Waals surface area (Å²) in [7, 11) is 0. The summed E-state index contributed by atoms with van der Waals surface area (Å²) in [5, 5.41) is 13.2. The van der Waals surface area contributed by atoms with Crippen molar-refractivity contribution in [1.29, 1.82) is 0 Å². The predicted octanol–water partition coefficient (Wildman–Crippen LogP) is 0.633. The molecule has 0 aliphatic carbocycles. The van der Waals surface area contributed by atoms with Gasteiger partial charge in [-0.2, -0.15) is 0 Å². The molecule has 9 nitrogen and oxygen atoms in total. The number of carbonyl (C=O) groups excluding carboxylic acids is 2. The topological polar surface area (TPSA) is 137 Å². The maximum absolute atomic E-state index is 13.1. The lowest BCUT2D eigenvalue weighted by Gasteiger charge is -2.08. The smallest absolute Gasteiger partial charge is 0.286 e. The van der Waals surface area contributed by atoms with Gasteiger partial charge < -0.3 is 11.1 Å². The number of rotatable bonds is 5. The highest BCUT2D eigenvalue weighted by Crippen LogP contribution is 2.11. The van der Waals surface area contributed by atoms with Crippen molar-refractivity contribution in [3.8, 4) is 0 Å². The van der Waals surface area contributed by atoms with E-state index in [0.29, 0.717) is 4.57 Å². The van der Waals surface area contributed by atoms with E-state index in [-0.39, 0.29) is 5.69 Å². The summed E-state index contributed by atoms with van der Waals surface area (Å²) in [6, 6.07) is 5.77. The summed E-state index contributed by atoms with van der Waals surface area (Å²) in [6.45, 7) is -0.614. The first-order chi connectivity index (χ1) is 11.3. The van der Waals surface area contributed by atoms with E-state index in [2.05, 4.69) is 5.32 Å². The van der Waals surface area contributed by atoms with Gasteiger partial charge in [-0.15, -0.1) is 0 Å². The molecule has 2 amide bonds. The number of pyridine rings is 1. The van der Waals surface area contributed by atoms with E-state index in [1.54, 1.807) is 0 Å². The highest BCUT2D eigenvalue weighted by Gasteiger charge is 2.18. The minimum Gasteiger partial charge on any atom is -0.365 e. The molecule has 0 fully saturated rings. The maximum Gasteiger partial charge on any atom is 0.286 e. The molecule has 10 heteroatoms. The third-order valence-corrected chi connectivity index (χ3v) is 2.97. The molecule has 0 radical (unpaired) electrons. The van der Waals surface area contributed by atoms with Gasteiger partial charge in [-0.25, -0.2) is 4.39 Å². The fourth-order valence-electron chi connectivity index (χ4n) is 1.94. The summed E-state index contributed by atoms with van der Waals surface area (Å²) in [5.74, 6) is -2.46. The van der Waals surface area contributed by atoms with Crippen molar-refractivity contribution in [2.75, 3.05) is 5.32 Å². The number of carbonyl (C=O) groups is 2. The Hall–Kier alpha value is -3.56. The Bertz CT molecular complexity index is 893. The third kappa shape index (κ3) is 3.80. The minimum absolute atomic E-state index is 0.147. The van der Waals surface area contributed by atoms with E-state index >= 15 is 0 Å². The van der Waals surface area contributed by atoms with Crippen LogP contribution in [0.4, 0.5) is 15.8 Å². The van der Waals surface area contributed by atoms with Crippen LogP contribution in [-0.4, -0.2) is 21.3 Å². The number of hydrogen-bond acceptors (Lipinski definition) is 5. The van der Waals surface area contributed by atoms with Crippen molar-refractivity contribution >= 4 is 23.2 Å². The van der Waals surface area contributed by atoms with Gasteiger partial charge in [-0.05, 0) is 18.2 Å². The summed E-state index contributed by atoms with van der Waals surface area (Å²) < 4.78 is 13.7. The number of amides is 2. The van der Waals surface area contributed by atoms with Crippen LogP contribution in [0.25, 0.3) is 0 Å². The number of halogens is 1. The van der Waals surface area contributed by atoms with Crippen LogP contribution in [0.5, 0.6) is 0 Å². The molecule has 1 aromatic heterocycles. The van der Waals surface area contributed by atoms with Gasteiger partial charge in [-0.1, -0.05) is 6.07 Å². The zero-order valence-corrected chi connectivity index (χ0v) is 12.1. The second-order valence-corrected chi connectivity index (χ2v) is 4.72. The summed E-state index contributed by atoms with van der Waals surface area (Å²) in [6.07, 6.45) is 0.819. The maximum atomic E-state index is 13.1. The lowest BCUT2D eigenvalue weighted by atomic mass is 10.2. The average Bonchev–Trinajstić information content (AvgIpc) is 2.48. The predicted molar refractivity (Wildman–Crippen MR) is 80.9 cm³/mol. The van der Waals surface area contributed by atoms with Crippen molar-refractivity contribution in [1.82, 2.24) is 4.57 Å². The molecule has 0 saturated heterocycles. The van der Waals surface area contributed by atoms with Gasteiger partial charge in [0.05, 0.1) is 11.1 Å². The average molecular weight is 334 g/mol. The lowest BCUT2D eigenvalue weighted by molar-refractivity contribution is -0.385. The molecule has 0 atom stereocenters. The number of anilines is 1. The molecule has 0 spiro atoms. The number of primary amides is 1. The summed E-state index contributed by atoms with van der Waals surface area (Å²) >= 11 is 0. The number of hydrogen-bond donors (Lipinski definition) is 2. The van der Waals surface area contributed by atoms with Crippen LogP contribution in [0.2, 0.25) is 0 Å². The molecule has 0 aliphatic heterocycles. The highest BCUT2D eigenvalue weighted by atomic mass is 19.1. The van der Waals surface area contributed by atoms with E-state index in [0.717, 1.165) is 18.3 Å². The third-order valence-electron chi connectivity index (χ3n) is 2.97. The van der Waals surface area contributed by atoms with Gasteiger partial charge in [0, 0.05) is 11.8 Å². The largest absolute Gasteiger partial charge is 0.365 e. The molecule has 0 unspecified atom stereocenters. The van der Waals surface area contributed by atoms with Crippen molar-refractivity contribution in [3.63, 3.8) is 0 Å². The van der Waals surface area contributed by atoms with E-state index in [1.165, 1.54) is 18.2 Å². The van der Waals surface area contributed by atoms with Gasteiger partial charge in [-0.3, -0.25) is 29.1 Å². The van der Waals surface area contributed by atoms with Crippen LogP contribution in [-0.2, 0) is 11.3 Å². The van der Waals surface area contributed by atoms with Gasteiger partial charge in [0.2, 0.25) is 5.91 Å². The van der Waals surface area contributed by atoms with Gasteiger partial charge in [0.15, 0.2) is 0 Å². The normalized spacial score (nSPS) is 10.2. The Kier molecular flexibility index (Phi) is 4.68. The minimum atomic E-state index is -1.15. The van der Waals surface area contributed by atoms with Crippen molar-refractivity contribution in [2.45, 2.75) is 6.54 Å². The first-order valence-electron chi connectivity index (χ1n) is 6.52. The Morgan fingerprint density at radius 1 is 1.33 bits per heavy atom. The number of aromatic nitrogens is 1. The molecule has 24 heavy (non-hydrogen) atoms. The zero-order valence-electron chi connectivity index (χ0n) is 12.1. The zero-order chi connectivity index (χ0) is 17.9. The second-order valence-electron chi connectivity index (χ2n) is 4.72. The molecular formula is C14H11FN4O5. The summed E-state index contributed by atoms with van der Waals surface area (Å²) in [5.41, 5.74) is 3.03. The van der Waals surface area contributed by atoms with Crippen molar-refractivity contribution < 1.29 is 18.9 Å². The lowest BCUT2D eigenvalue weighted by Crippen LogP contribution is -2.33. The first kappa shape index (κ1) is 16.8. The second kappa shape index (κ2) is 6.69. The number of nitrogens with one attached hydrogen (secondary N) is 1. The SMILES string of the molecule is NC(=O)c1cc([N+](=O)[O-])cn(CC(=O)Nc2cccc(F)c2)c1=O. The Labute approximate surface area is 133 Å². The Morgan fingerprint density at radius 2 is 2.04 bits per heavy atom. The van der Waals surface area contributed by atoms with Crippen molar-refractivity contribution in [2.24, 2.45) is 5.73 Å². The molecule has 1 heterocycles. The number of nitro groups is 1. The standard InChI is InChI=1S/C14H11FN4O5/c15-8-2-1-3-9(4-8)17-12(20)7-18-6-10(19(23)24)5-11(13(16)21)14(18)22/h1-6H,7H2,(H2,16,21)(H,17,20). The molecule has 0 aliphatic rings. The fraction of sp³-hybridized carbons (Fsp3) is 0.0714. The van der Waals surface area contributed by atoms with E-state index in [9.17, 15) is 28.9 Å². The Morgan fingerprint density at radius 3 is 2.62 bits per heavy atom. The molecule has 3 N–H and O–H groups in total.